The number of hydrogen-bond donors (Lipinski definition) is 1. The lowest BCUT2D eigenvalue weighted by molar-refractivity contribution is -0.155. The average molecular weight is 334 g/mol. The van der Waals surface area contributed by atoms with Crippen molar-refractivity contribution in [2.75, 3.05) is 27.3 Å². The van der Waals surface area contributed by atoms with Crippen LogP contribution in [0.4, 0.5) is 0 Å². The van der Waals surface area contributed by atoms with Crippen molar-refractivity contribution in [2.24, 2.45) is 5.41 Å². The molecule has 0 bridgehead atoms. The van der Waals surface area contributed by atoms with Gasteiger partial charge in [-0.05, 0) is 0 Å². The van der Waals surface area contributed by atoms with Crippen molar-refractivity contribution >= 4 is 11.6 Å². The molecule has 0 unspecified atom stereocenters. The third-order valence-corrected chi connectivity index (χ3v) is 4.05. The number of carbonyl (C=O) groups excluding carboxylic acids is 2. The normalized spacial score (nSPS) is 14.6. The Balaban J connectivity index is 0.00000288. The lowest BCUT2D eigenvalue weighted by atomic mass is 9.75. The van der Waals surface area contributed by atoms with Crippen molar-refractivity contribution in [2.45, 2.75) is 20.8 Å². The number of nitrogens with zero attached hydrogens (tertiary/aromatic N) is 1. The number of ketones is 2. The molecule has 6 heteroatoms. The van der Waals surface area contributed by atoms with Crippen molar-refractivity contribution in [1.29, 1.82) is 0 Å². The molecule has 3 N–H and O–H groups in total. The lowest BCUT2D eigenvalue weighted by Gasteiger charge is -2.32. The van der Waals surface area contributed by atoms with Gasteiger partial charge in [-0.25, -0.2) is 0 Å². The highest BCUT2D eigenvalue weighted by Crippen LogP contribution is 2.37. The van der Waals surface area contributed by atoms with Gasteiger partial charge >= 0.3 is 0 Å². The first-order chi connectivity index (χ1) is 10.8. The predicted octanol–water partition coefficient (Wildman–Crippen LogP) is 3.04. The molecule has 1 aliphatic rings. The number of fused-ring (bicyclic) bond motifs is 1. The molecule has 0 fully saturated rings. The van der Waals surface area contributed by atoms with Crippen LogP contribution in [0, 0.1) is 5.41 Å². The van der Waals surface area contributed by atoms with Crippen LogP contribution >= 0.6 is 0 Å². The number of methoxy groups -OCH3 is 1. The SMILES string of the molecule is CCN(C)OCC(C)(C)C1=C(OC)C(=O)c2ccccc2C1=O.N. The molecule has 0 saturated carbocycles. The first kappa shape index (κ1) is 20.0. The number of hydrogen-bond acceptors (Lipinski definition) is 6. The summed E-state index contributed by atoms with van der Waals surface area (Å²) in [5.74, 6) is -0.319. The number of rotatable bonds is 6. The first-order valence-electron chi connectivity index (χ1n) is 7.64. The van der Waals surface area contributed by atoms with Gasteiger partial charge in [0.05, 0.1) is 19.3 Å². The molecule has 0 saturated heterocycles. The number of ether oxygens (including phenoxy) is 1. The molecule has 0 spiro atoms. The van der Waals surface area contributed by atoms with Gasteiger partial charge in [0.2, 0.25) is 5.78 Å². The van der Waals surface area contributed by atoms with Crippen LogP contribution in [-0.2, 0) is 9.57 Å². The van der Waals surface area contributed by atoms with E-state index >= 15 is 0 Å². The minimum atomic E-state index is -0.658. The van der Waals surface area contributed by atoms with Crippen LogP contribution in [0.1, 0.15) is 41.5 Å². The third kappa shape index (κ3) is 3.56. The van der Waals surface area contributed by atoms with Gasteiger partial charge < -0.3 is 10.9 Å². The van der Waals surface area contributed by atoms with Gasteiger partial charge in [-0.15, -0.1) is 0 Å². The zero-order valence-electron chi connectivity index (χ0n) is 15.0. The molecule has 0 radical (unpaired) electrons. The van der Waals surface area contributed by atoms with Gasteiger partial charge in [-0.3, -0.25) is 14.4 Å². The zero-order valence-corrected chi connectivity index (χ0v) is 15.0. The van der Waals surface area contributed by atoms with Crippen molar-refractivity contribution in [3.63, 3.8) is 0 Å². The topological polar surface area (TPSA) is 90.8 Å². The van der Waals surface area contributed by atoms with E-state index in [0.717, 1.165) is 6.54 Å². The molecule has 0 aliphatic heterocycles. The highest BCUT2D eigenvalue weighted by molar-refractivity contribution is 6.26. The van der Waals surface area contributed by atoms with Gasteiger partial charge in [0.25, 0.3) is 0 Å². The van der Waals surface area contributed by atoms with Crippen molar-refractivity contribution in [3.05, 3.63) is 46.7 Å². The standard InChI is InChI=1S/C18H23NO4.H3N/c1-6-19(4)23-11-18(2,3)14-15(20)12-9-7-8-10-13(12)16(21)17(14)22-5;/h7-10H,6,11H2,1-5H3;1H3. The van der Waals surface area contributed by atoms with Crippen molar-refractivity contribution in [1.82, 2.24) is 11.2 Å². The summed E-state index contributed by atoms with van der Waals surface area (Å²) in [5, 5.41) is 1.69. The largest absolute Gasteiger partial charge is 0.492 e. The Morgan fingerprint density at radius 2 is 1.62 bits per heavy atom. The fourth-order valence-electron chi connectivity index (χ4n) is 2.60. The highest BCUT2D eigenvalue weighted by Gasteiger charge is 2.41. The quantitative estimate of drug-likeness (QED) is 0.804. The summed E-state index contributed by atoms with van der Waals surface area (Å²) in [5.41, 5.74) is 0.522. The molecule has 0 aromatic heterocycles. The molecule has 24 heavy (non-hydrogen) atoms. The average Bonchev–Trinajstić information content (AvgIpc) is 2.55. The number of hydroxylamine groups is 2. The predicted molar refractivity (Wildman–Crippen MR) is 92.2 cm³/mol. The number of Topliss-reactive ketones (excluding diaryl/α,β-unsaturated/α-hetero) is 2. The van der Waals surface area contributed by atoms with E-state index in [1.165, 1.54) is 7.11 Å². The van der Waals surface area contributed by atoms with Gasteiger partial charge in [0.1, 0.15) is 0 Å². The van der Waals surface area contributed by atoms with E-state index in [0.29, 0.717) is 16.7 Å². The van der Waals surface area contributed by atoms with E-state index in [2.05, 4.69) is 0 Å². The summed E-state index contributed by atoms with van der Waals surface area (Å²) in [7, 11) is 3.24. The number of allylic oxidation sites excluding steroid dienone is 1. The Morgan fingerprint density at radius 1 is 1.08 bits per heavy atom. The molecule has 0 amide bonds. The molecule has 132 valence electrons. The summed E-state index contributed by atoms with van der Waals surface area (Å²) in [6, 6.07) is 6.83. The maximum atomic E-state index is 12.9. The molecular formula is C18H26N2O4. The van der Waals surface area contributed by atoms with E-state index in [4.69, 9.17) is 9.57 Å². The molecule has 0 atom stereocenters. The zero-order chi connectivity index (χ0) is 17.2. The summed E-state index contributed by atoms with van der Waals surface area (Å²) < 4.78 is 5.30. The Bertz CT molecular complexity index is 665. The number of benzene rings is 1. The molecular weight excluding hydrogens is 308 g/mol. The minimum absolute atomic E-state index is 0. The maximum Gasteiger partial charge on any atom is 0.228 e. The molecule has 1 aromatic carbocycles. The van der Waals surface area contributed by atoms with Crippen LogP contribution in [0.2, 0.25) is 0 Å². The second-order valence-electron chi connectivity index (χ2n) is 6.21. The molecule has 6 nitrogen and oxygen atoms in total. The summed E-state index contributed by atoms with van der Waals surface area (Å²) >= 11 is 0. The van der Waals surface area contributed by atoms with Gasteiger partial charge in [-0.1, -0.05) is 45.0 Å². The summed E-state index contributed by atoms with van der Waals surface area (Å²) in [6.45, 7) is 6.73. The summed E-state index contributed by atoms with van der Waals surface area (Å²) in [6.07, 6.45) is 0. The second kappa shape index (κ2) is 7.70. The molecule has 0 heterocycles. The lowest BCUT2D eigenvalue weighted by Crippen LogP contribution is -2.36. The van der Waals surface area contributed by atoms with Crippen LogP contribution in [0.25, 0.3) is 0 Å². The van der Waals surface area contributed by atoms with Crippen LogP contribution in [-0.4, -0.2) is 43.9 Å². The van der Waals surface area contributed by atoms with Crippen LogP contribution in [0.15, 0.2) is 35.6 Å². The Kier molecular flexibility index (Phi) is 6.42. The monoisotopic (exact) mass is 334 g/mol. The van der Waals surface area contributed by atoms with E-state index in [1.807, 2.05) is 27.8 Å². The van der Waals surface area contributed by atoms with Gasteiger partial charge in [0.15, 0.2) is 11.5 Å². The van der Waals surface area contributed by atoms with Crippen molar-refractivity contribution in [3.8, 4) is 0 Å². The minimum Gasteiger partial charge on any atom is -0.492 e. The van der Waals surface area contributed by atoms with E-state index in [9.17, 15) is 9.59 Å². The fraction of sp³-hybridized carbons (Fsp3) is 0.444. The fourth-order valence-corrected chi connectivity index (χ4v) is 2.60. The molecule has 1 aromatic rings. The van der Waals surface area contributed by atoms with E-state index in [1.54, 1.807) is 29.3 Å². The Hall–Kier alpha value is -2.02. The highest BCUT2D eigenvalue weighted by atomic mass is 16.7. The summed E-state index contributed by atoms with van der Waals surface area (Å²) in [4.78, 5) is 31.2. The Labute approximate surface area is 143 Å². The van der Waals surface area contributed by atoms with E-state index in [-0.39, 0.29) is 30.1 Å². The van der Waals surface area contributed by atoms with E-state index < -0.39 is 5.41 Å². The van der Waals surface area contributed by atoms with Crippen molar-refractivity contribution < 1.29 is 19.2 Å². The second-order valence-corrected chi connectivity index (χ2v) is 6.21. The molecule has 2 rings (SSSR count). The maximum absolute atomic E-state index is 12.9. The number of carbonyl (C=O) groups is 2. The van der Waals surface area contributed by atoms with Crippen LogP contribution < -0.4 is 6.15 Å². The van der Waals surface area contributed by atoms with Crippen LogP contribution in [0.5, 0.6) is 0 Å². The third-order valence-electron chi connectivity index (χ3n) is 4.05. The van der Waals surface area contributed by atoms with Gasteiger partial charge in [-0.2, -0.15) is 5.06 Å². The van der Waals surface area contributed by atoms with Gasteiger partial charge in [0, 0.05) is 30.1 Å². The molecule has 1 aliphatic carbocycles. The first-order valence-corrected chi connectivity index (χ1v) is 7.64. The van der Waals surface area contributed by atoms with Crippen LogP contribution in [0.3, 0.4) is 0 Å². The Morgan fingerprint density at radius 3 is 2.12 bits per heavy atom. The smallest absolute Gasteiger partial charge is 0.228 e.